The second-order valence-corrected chi connectivity index (χ2v) is 5.14. The number of benzene rings is 2. The van der Waals surface area contributed by atoms with Crippen LogP contribution in [0.25, 0.3) is 10.8 Å². The first-order chi connectivity index (χ1) is 8.58. The molecule has 2 aromatic rings. The Morgan fingerprint density at radius 2 is 1.89 bits per heavy atom. The minimum Gasteiger partial charge on any atom is -0.318 e. The SMILES string of the molecule is CNC(C)C.O=Cc1ccc2c(Br)cccc2c1. The average molecular weight is 308 g/mol. The Bertz CT molecular complexity index is 523. The molecule has 0 aliphatic carbocycles. The quantitative estimate of drug-likeness (QED) is 0.849. The molecule has 0 saturated heterocycles. The molecule has 0 spiro atoms. The van der Waals surface area contributed by atoms with Gasteiger partial charge < -0.3 is 5.32 Å². The van der Waals surface area contributed by atoms with Crippen LogP contribution in [-0.2, 0) is 0 Å². The van der Waals surface area contributed by atoms with Gasteiger partial charge in [-0.3, -0.25) is 4.79 Å². The minimum absolute atomic E-state index is 0.634. The molecule has 0 bridgehead atoms. The summed E-state index contributed by atoms with van der Waals surface area (Å²) in [5, 5.41) is 5.24. The van der Waals surface area contributed by atoms with Crippen LogP contribution in [0, 0.1) is 0 Å². The summed E-state index contributed by atoms with van der Waals surface area (Å²) in [4.78, 5) is 10.5. The molecule has 2 nitrogen and oxygen atoms in total. The molecule has 0 fully saturated rings. The van der Waals surface area contributed by atoms with E-state index < -0.39 is 0 Å². The van der Waals surface area contributed by atoms with E-state index in [-0.39, 0.29) is 0 Å². The zero-order chi connectivity index (χ0) is 13.5. The zero-order valence-electron chi connectivity index (χ0n) is 10.9. The van der Waals surface area contributed by atoms with Gasteiger partial charge in [0.1, 0.15) is 6.29 Å². The van der Waals surface area contributed by atoms with Gasteiger partial charge in [0.05, 0.1) is 0 Å². The van der Waals surface area contributed by atoms with Gasteiger partial charge in [0, 0.05) is 16.1 Å². The fourth-order valence-electron chi connectivity index (χ4n) is 1.34. The van der Waals surface area contributed by atoms with Crippen molar-refractivity contribution >= 4 is 33.0 Å². The first-order valence-corrected chi connectivity index (χ1v) is 6.68. The Kier molecular flexibility index (Phi) is 6.02. The van der Waals surface area contributed by atoms with E-state index in [1.54, 1.807) is 0 Å². The van der Waals surface area contributed by atoms with Crippen LogP contribution in [0.3, 0.4) is 0 Å². The topological polar surface area (TPSA) is 29.1 Å². The van der Waals surface area contributed by atoms with Gasteiger partial charge in [-0.05, 0) is 30.0 Å². The Labute approximate surface area is 117 Å². The largest absolute Gasteiger partial charge is 0.318 e. The molecular formula is C15H18BrNO. The van der Waals surface area contributed by atoms with E-state index >= 15 is 0 Å². The Hall–Kier alpha value is -1.19. The summed E-state index contributed by atoms with van der Waals surface area (Å²) in [6, 6.07) is 12.2. The van der Waals surface area contributed by atoms with Crippen LogP contribution in [0.4, 0.5) is 0 Å². The van der Waals surface area contributed by atoms with E-state index in [1.165, 1.54) is 0 Å². The van der Waals surface area contributed by atoms with Gasteiger partial charge in [-0.15, -0.1) is 0 Å². The first kappa shape index (κ1) is 14.9. The van der Waals surface area contributed by atoms with Crippen molar-refractivity contribution in [1.82, 2.24) is 5.32 Å². The lowest BCUT2D eigenvalue weighted by atomic mass is 10.1. The summed E-state index contributed by atoms with van der Waals surface area (Å²) in [5.41, 5.74) is 0.714. The molecule has 0 aliphatic rings. The van der Waals surface area contributed by atoms with Gasteiger partial charge in [-0.2, -0.15) is 0 Å². The first-order valence-electron chi connectivity index (χ1n) is 5.89. The minimum atomic E-state index is 0.634. The summed E-state index contributed by atoms with van der Waals surface area (Å²) in [6.45, 7) is 4.22. The number of nitrogens with one attached hydrogen (secondary N) is 1. The third-order valence-electron chi connectivity index (χ3n) is 2.56. The molecule has 2 aromatic carbocycles. The molecule has 0 amide bonds. The maximum atomic E-state index is 10.5. The van der Waals surface area contributed by atoms with Gasteiger partial charge in [-0.1, -0.05) is 54.0 Å². The maximum absolute atomic E-state index is 10.5. The fourth-order valence-corrected chi connectivity index (χ4v) is 1.85. The molecule has 1 N–H and O–H groups in total. The summed E-state index contributed by atoms with van der Waals surface area (Å²) in [7, 11) is 1.95. The Morgan fingerprint density at radius 3 is 2.44 bits per heavy atom. The summed E-state index contributed by atoms with van der Waals surface area (Å²) >= 11 is 3.45. The monoisotopic (exact) mass is 307 g/mol. The maximum Gasteiger partial charge on any atom is 0.150 e. The molecule has 0 heterocycles. The van der Waals surface area contributed by atoms with Crippen molar-refractivity contribution in [2.45, 2.75) is 19.9 Å². The molecule has 2 rings (SSSR count). The van der Waals surface area contributed by atoms with Crippen LogP contribution < -0.4 is 5.32 Å². The number of hydrogen-bond acceptors (Lipinski definition) is 2. The molecule has 18 heavy (non-hydrogen) atoms. The highest BCUT2D eigenvalue weighted by molar-refractivity contribution is 9.10. The van der Waals surface area contributed by atoms with Crippen molar-refractivity contribution in [2.24, 2.45) is 0 Å². The molecular weight excluding hydrogens is 290 g/mol. The molecule has 3 heteroatoms. The van der Waals surface area contributed by atoms with Gasteiger partial charge in [0.25, 0.3) is 0 Å². The molecule has 0 radical (unpaired) electrons. The predicted octanol–water partition coefficient (Wildman–Crippen LogP) is 4.03. The van der Waals surface area contributed by atoms with Crippen molar-refractivity contribution in [3.05, 3.63) is 46.4 Å². The van der Waals surface area contributed by atoms with E-state index in [0.717, 1.165) is 21.5 Å². The van der Waals surface area contributed by atoms with E-state index in [0.29, 0.717) is 11.6 Å². The number of carbonyl (C=O) groups excluding carboxylic acids is 1. The van der Waals surface area contributed by atoms with Crippen molar-refractivity contribution in [3.63, 3.8) is 0 Å². The third-order valence-corrected chi connectivity index (χ3v) is 3.26. The van der Waals surface area contributed by atoms with Crippen molar-refractivity contribution in [1.29, 1.82) is 0 Å². The summed E-state index contributed by atoms with van der Waals surface area (Å²) in [6.07, 6.45) is 0.861. The van der Waals surface area contributed by atoms with Crippen LogP contribution in [0.1, 0.15) is 24.2 Å². The lowest BCUT2D eigenvalue weighted by Crippen LogP contribution is -2.15. The van der Waals surface area contributed by atoms with E-state index in [1.807, 2.05) is 43.4 Å². The highest BCUT2D eigenvalue weighted by atomic mass is 79.9. The van der Waals surface area contributed by atoms with Crippen LogP contribution in [-0.4, -0.2) is 19.4 Å². The van der Waals surface area contributed by atoms with Crippen LogP contribution in [0.5, 0.6) is 0 Å². The number of aldehydes is 1. The average Bonchev–Trinajstić information content (AvgIpc) is 2.39. The van der Waals surface area contributed by atoms with Gasteiger partial charge in [0.15, 0.2) is 0 Å². The summed E-state index contributed by atoms with van der Waals surface area (Å²) in [5.74, 6) is 0. The highest BCUT2D eigenvalue weighted by Crippen LogP contribution is 2.23. The summed E-state index contributed by atoms with van der Waals surface area (Å²) < 4.78 is 1.06. The second-order valence-electron chi connectivity index (χ2n) is 4.28. The Morgan fingerprint density at radius 1 is 1.22 bits per heavy atom. The van der Waals surface area contributed by atoms with Crippen molar-refractivity contribution in [3.8, 4) is 0 Å². The molecule has 96 valence electrons. The lowest BCUT2D eigenvalue weighted by molar-refractivity contribution is 0.112. The number of hydrogen-bond donors (Lipinski definition) is 1. The normalized spacial score (nSPS) is 10.1. The van der Waals surface area contributed by atoms with Crippen LogP contribution >= 0.6 is 15.9 Å². The van der Waals surface area contributed by atoms with Gasteiger partial charge in [-0.25, -0.2) is 0 Å². The molecule has 0 aromatic heterocycles. The van der Waals surface area contributed by atoms with Gasteiger partial charge in [0.2, 0.25) is 0 Å². The number of fused-ring (bicyclic) bond motifs is 1. The second kappa shape index (κ2) is 7.29. The Balaban J connectivity index is 0.000000280. The standard InChI is InChI=1S/C11H7BrO.C4H11N/c12-11-3-1-2-9-6-8(7-13)4-5-10(9)11;1-4(2)5-3/h1-7H;4-5H,1-3H3. The third kappa shape index (κ3) is 4.24. The van der Waals surface area contributed by atoms with E-state index in [9.17, 15) is 4.79 Å². The van der Waals surface area contributed by atoms with Gasteiger partial charge >= 0.3 is 0 Å². The molecule has 0 saturated carbocycles. The molecule has 0 atom stereocenters. The van der Waals surface area contributed by atoms with E-state index in [2.05, 4.69) is 35.1 Å². The number of rotatable bonds is 2. The smallest absolute Gasteiger partial charge is 0.150 e. The van der Waals surface area contributed by atoms with Crippen LogP contribution in [0.2, 0.25) is 0 Å². The van der Waals surface area contributed by atoms with Crippen LogP contribution in [0.15, 0.2) is 40.9 Å². The predicted molar refractivity (Wildman–Crippen MR) is 81.2 cm³/mol. The fraction of sp³-hybridized carbons (Fsp3) is 0.267. The lowest BCUT2D eigenvalue weighted by Gasteiger charge is -2.00. The number of halogens is 1. The molecule has 0 aliphatic heterocycles. The van der Waals surface area contributed by atoms with Crippen molar-refractivity contribution in [2.75, 3.05) is 7.05 Å². The zero-order valence-corrected chi connectivity index (χ0v) is 12.5. The van der Waals surface area contributed by atoms with E-state index in [4.69, 9.17) is 0 Å². The van der Waals surface area contributed by atoms with Crippen molar-refractivity contribution < 1.29 is 4.79 Å². The number of carbonyl (C=O) groups is 1. The molecule has 0 unspecified atom stereocenters. The highest BCUT2D eigenvalue weighted by Gasteiger charge is 1.98.